The van der Waals surface area contributed by atoms with Crippen molar-refractivity contribution in [3.63, 3.8) is 0 Å². The van der Waals surface area contributed by atoms with Gasteiger partial charge in [0, 0.05) is 22.2 Å². The van der Waals surface area contributed by atoms with Crippen molar-refractivity contribution in [2.24, 2.45) is 10.2 Å². The van der Waals surface area contributed by atoms with Crippen molar-refractivity contribution in [2.45, 2.75) is 0 Å². The van der Waals surface area contributed by atoms with Gasteiger partial charge in [0.2, 0.25) is 5.75 Å². The van der Waals surface area contributed by atoms with Gasteiger partial charge >= 0.3 is 5.69 Å². The molecule has 2 N–H and O–H groups in total. The topological polar surface area (TPSA) is 117 Å². The quantitative estimate of drug-likeness (QED) is 0.505. The second kappa shape index (κ2) is 6.09. The molecule has 0 fully saturated rings. The van der Waals surface area contributed by atoms with Gasteiger partial charge in [0.25, 0.3) is 5.91 Å². The van der Waals surface area contributed by atoms with Crippen molar-refractivity contribution in [3.05, 3.63) is 62.7 Å². The van der Waals surface area contributed by atoms with Crippen LogP contribution in [0, 0.1) is 10.1 Å². The third-order valence-corrected chi connectivity index (χ3v) is 3.50. The van der Waals surface area contributed by atoms with Crippen molar-refractivity contribution >= 4 is 40.8 Å². The number of hydrogen-bond donors (Lipinski definition) is 2. The Hall–Kier alpha value is -3.26. The molecule has 0 radical (unpaired) electrons. The number of rotatable bonds is 3. The monoisotopic (exact) mass is 344 g/mol. The number of amides is 1. The summed E-state index contributed by atoms with van der Waals surface area (Å²) in [5.41, 5.74) is 0.808. The van der Waals surface area contributed by atoms with Crippen LogP contribution in [0.5, 0.6) is 5.75 Å². The Morgan fingerprint density at radius 3 is 2.79 bits per heavy atom. The number of aromatic hydroxyl groups is 1. The molecule has 0 saturated carbocycles. The zero-order valence-electron chi connectivity index (χ0n) is 11.9. The minimum atomic E-state index is -0.759. The van der Waals surface area contributed by atoms with E-state index in [0.29, 0.717) is 11.3 Å². The first-order valence-electron chi connectivity index (χ1n) is 6.66. The predicted molar refractivity (Wildman–Crippen MR) is 89.0 cm³/mol. The molecule has 1 aliphatic heterocycles. The summed E-state index contributed by atoms with van der Waals surface area (Å²) >= 11 is 5.79. The fourth-order valence-electron chi connectivity index (χ4n) is 2.19. The maximum atomic E-state index is 11.9. The van der Waals surface area contributed by atoms with Gasteiger partial charge in [0.05, 0.1) is 16.8 Å². The number of anilines is 1. The van der Waals surface area contributed by atoms with Crippen molar-refractivity contribution in [1.29, 1.82) is 0 Å². The molecule has 1 aliphatic rings. The average Bonchev–Trinajstić information content (AvgIpc) is 2.86. The highest BCUT2D eigenvalue weighted by molar-refractivity contribution is 6.53. The minimum Gasteiger partial charge on any atom is -0.502 e. The molecule has 120 valence electrons. The number of nitro groups is 1. The van der Waals surface area contributed by atoms with Gasteiger partial charge in [-0.05, 0) is 12.1 Å². The maximum Gasteiger partial charge on any atom is 0.312 e. The number of nitrogens with zero attached hydrogens (tertiary/aromatic N) is 3. The molecule has 0 atom stereocenters. The molecule has 8 nitrogen and oxygen atoms in total. The SMILES string of the molecule is O=C1Nc2ccccc2/C1=N/N=C\c1cc(Cl)cc([N+](=O)[O-])c1O. The molecule has 0 saturated heterocycles. The number of phenolic OH excluding ortho intramolecular Hbond substituents is 1. The zero-order valence-corrected chi connectivity index (χ0v) is 12.7. The van der Waals surface area contributed by atoms with Gasteiger partial charge in [-0.25, -0.2) is 0 Å². The van der Waals surface area contributed by atoms with E-state index in [4.69, 9.17) is 11.6 Å². The Kier molecular flexibility index (Phi) is 3.97. The highest BCUT2D eigenvalue weighted by Crippen LogP contribution is 2.32. The van der Waals surface area contributed by atoms with E-state index in [0.717, 1.165) is 12.3 Å². The number of hydrogen-bond acceptors (Lipinski definition) is 6. The van der Waals surface area contributed by atoms with Gasteiger partial charge in [-0.3, -0.25) is 14.9 Å². The summed E-state index contributed by atoms with van der Waals surface area (Å²) in [5.74, 6) is -0.987. The number of carbonyl (C=O) groups excluding carboxylic acids is 1. The van der Waals surface area contributed by atoms with E-state index in [9.17, 15) is 20.0 Å². The van der Waals surface area contributed by atoms with Crippen LogP contribution >= 0.6 is 11.6 Å². The lowest BCUT2D eigenvalue weighted by molar-refractivity contribution is -0.385. The number of halogens is 1. The minimum absolute atomic E-state index is 0.0187. The van der Waals surface area contributed by atoms with Crippen LogP contribution in [0.15, 0.2) is 46.6 Å². The Labute approximate surface area is 140 Å². The van der Waals surface area contributed by atoms with E-state index in [2.05, 4.69) is 15.5 Å². The van der Waals surface area contributed by atoms with Crippen LogP contribution in [0.2, 0.25) is 5.02 Å². The predicted octanol–water partition coefficient (Wildman–Crippen LogP) is 2.73. The van der Waals surface area contributed by atoms with Crippen molar-refractivity contribution < 1.29 is 14.8 Å². The van der Waals surface area contributed by atoms with Crippen LogP contribution in [0.3, 0.4) is 0 Å². The Balaban J connectivity index is 1.96. The third-order valence-electron chi connectivity index (χ3n) is 3.28. The standard InChI is InChI=1S/C15H9ClN4O4/c16-9-5-8(14(21)12(6-9)20(23)24)7-17-19-13-10-3-1-2-4-11(10)18-15(13)22/h1-7,21H,(H,18,19,22)/b17-7-. The van der Waals surface area contributed by atoms with Gasteiger partial charge in [-0.1, -0.05) is 29.8 Å². The number of fused-ring (bicyclic) bond motifs is 1. The van der Waals surface area contributed by atoms with E-state index in [1.807, 2.05) is 0 Å². The Morgan fingerprint density at radius 1 is 1.29 bits per heavy atom. The molecule has 3 rings (SSSR count). The van der Waals surface area contributed by atoms with E-state index >= 15 is 0 Å². The number of nitrogens with one attached hydrogen (secondary N) is 1. The Bertz CT molecular complexity index is 924. The fourth-order valence-corrected chi connectivity index (χ4v) is 2.41. The summed E-state index contributed by atoms with van der Waals surface area (Å²) in [5, 5.41) is 31.0. The number of phenols is 1. The lowest BCUT2D eigenvalue weighted by atomic mass is 10.1. The summed E-state index contributed by atoms with van der Waals surface area (Å²) in [7, 11) is 0. The summed E-state index contributed by atoms with van der Waals surface area (Å²) in [6.07, 6.45) is 1.09. The van der Waals surface area contributed by atoms with Crippen LogP contribution in [0.1, 0.15) is 11.1 Å². The van der Waals surface area contributed by atoms with Crippen molar-refractivity contribution in [2.75, 3.05) is 5.32 Å². The molecule has 0 aliphatic carbocycles. The van der Waals surface area contributed by atoms with Gasteiger partial charge in [-0.15, -0.1) is 5.10 Å². The van der Waals surface area contributed by atoms with Crippen molar-refractivity contribution in [1.82, 2.24) is 0 Å². The largest absolute Gasteiger partial charge is 0.502 e. The molecule has 2 aromatic carbocycles. The van der Waals surface area contributed by atoms with Crippen LogP contribution in [0.25, 0.3) is 0 Å². The third kappa shape index (κ3) is 2.82. The van der Waals surface area contributed by atoms with E-state index in [1.54, 1.807) is 24.3 Å². The molecular formula is C15H9ClN4O4. The first-order valence-corrected chi connectivity index (χ1v) is 7.04. The van der Waals surface area contributed by atoms with Gasteiger partial charge in [0.1, 0.15) is 0 Å². The second-order valence-corrected chi connectivity index (χ2v) is 5.25. The number of para-hydroxylation sites is 1. The number of carbonyl (C=O) groups is 1. The lowest BCUT2D eigenvalue weighted by Crippen LogP contribution is -2.13. The normalized spacial score (nSPS) is 14.9. The smallest absolute Gasteiger partial charge is 0.312 e. The van der Waals surface area contributed by atoms with E-state index in [-0.39, 0.29) is 16.3 Å². The average molecular weight is 345 g/mol. The highest BCUT2D eigenvalue weighted by atomic mass is 35.5. The molecule has 2 aromatic rings. The summed E-state index contributed by atoms with van der Waals surface area (Å²) < 4.78 is 0. The Morgan fingerprint density at radius 2 is 2.04 bits per heavy atom. The van der Waals surface area contributed by atoms with Gasteiger partial charge < -0.3 is 10.4 Å². The first kappa shape index (κ1) is 15.6. The van der Waals surface area contributed by atoms with Crippen LogP contribution in [0.4, 0.5) is 11.4 Å². The summed E-state index contributed by atoms with van der Waals surface area (Å²) in [6.45, 7) is 0. The number of benzene rings is 2. The fraction of sp³-hybridized carbons (Fsp3) is 0. The van der Waals surface area contributed by atoms with E-state index < -0.39 is 22.3 Å². The molecule has 24 heavy (non-hydrogen) atoms. The van der Waals surface area contributed by atoms with Gasteiger partial charge in [0.15, 0.2) is 5.71 Å². The molecule has 0 unspecified atom stereocenters. The second-order valence-electron chi connectivity index (χ2n) is 4.81. The van der Waals surface area contributed by atoms with Crippen LogP contribution in [-0.4, -0.2) is 27.9 Å². The van der Waals surface area contributed by atoms with Crippen LogP contribution < -0.4 is 5.32 Å². The molecule has 1 heterocycles. The summed E-state index contributed by atoms with van der Waals surface area (Å²) in [6, 6.07) is 9.30. The molecule has 0 spiro atoms. The van der Waals surface area contributed by atoms with Crippen molar-refractivity contribution in [3.8, 4) is 5.75 Å². The molecule has 1 amide bonds. The van der Waals surface area contributed by atoms with Crippen LogP contribution in [-0.2, 0) is 4.79 Å². The van der Waals surface area contributed by atoms with E-state index in [1.165, 1.54) is 6.07 Å². The molecule has 9 heteroatoms. The first-order chi connectivity index (χ1) is 11.5. The van der Waals surface area contributed by atoms with Gasteiger partial charge in [-0.2, -0.15) is 5.10 Å². The maximum absolute atomic E-state index is 11.9. The molecular weight excluding hydrogens is 336 g/mol. The number of nitro benzene ring substituents is 1. The molecule has 0 aromatic heterocycles. The zero-order chi connectivity index (χ0) is 17.3. The lowest BCUT2D eigenvalue weighted by Gasteiger charge is -2.00. The highest BCUT2D eigenvalue weighted by Gasteiger charge is 2.25. The molecule has 0 bridgehead atoms. The summed E-state index contributed by atoms with van der Waals surface area (Å²) in [4.78, 5) is 22.0.